The van der Waals surface area contributed by atoms with E-state index in [4.69, 9.17) is 0 Å². The Morgan fingerprint density at radius 2 is 2.00 bits per heavy atom. The van der Waals surface area contributed by atoms with Crippen molar-refractivity contribution in [3.8, 4) is 0 Å². The molecule has 0 saturated carbocycles. The van der Waals surface area contributed by atoms with Gasteiger partial charge >= 0.3 is 15.5 Å². The van der Waals surface area contributed by atoms with Crippen LogP contribution in [0.2, 0.25) is 0 Å². The third-order valence-corrected chi connectivity index (χ3v) is 2.94. The van der Waals surface area contributed by atoms with E-state index in [1.54, 1.807) is 4.72 Å². The van der Waals surface area contributed by atoms with E-state index in [9.17, 15) is 21.6 Å². The van der Waals surface area contributed by atoms with E-state index in [0.717, 1.165) is 0 Å². The van der Waals surface area contributed by atoms with E-state index in [1.165, 1.54) is 0 Å². The van der Waals surface area contributed by atoms with E-state index >= 15 is 0 Å². The van der Waals surface area contributed by atoms with Gasteiger partial charge in [-0.05, 0) is 13.0 Å². The van der Waals surface area contributed by atoms with Crippen LogP contribution in [0.4, 0.5) is 13.2 Å². The number of halogens is 3. The molecular weight excluding hydrogens is 209 g/mol. The third kappa shape index (κ3) is 2.55. The molecule has 0 aromatic rings. The Kier molecular flexibility index (Phi) is 2.83. The van der Waals surface area contributed by atoms with Crippen molar-refractivity contribution >= 4 is 10.0 Å². The topological polar surface area (TPSA) is 58.2 Å². The highest BCUT2D eigenvalue weighted by Crippen LogP contribution is 2.22. The molecule has 0 bridgehead atoms. The van der Waals surface area contributed by atoms with Gasteiger partial charge in [-0.25, -0.2) is 13.1 Å². The van der Waals surface area contributed by atoms with Crippen molar-refractivity contribution < 1.29 is 21.6 Å². The van der Waals surface area contributed by atoms with Gasteiger partial charge in [0.1, 0.15) is 0 Å². The molecule has 1 rings (SSSR count). The Bertz CT molecular complexity index is 268. The summed E-state index contributed by atoms with van der Waals surface area (Å²) >= 11 is 0. The Morgan fingerprint density at radius 3 is 2.38 bits per heavy atom. The lowest BCUT2D eigenvalue weighted by atomic mass is 10.3. The first kappa shape index (κ1) is 10.7. The van der Waals surface area contributed by atoms with Crippen LogP contribution in [-0.4, -0.2) is 33.1 Å². The lowest BCUT2D eigenvalue weighted by Gasteiger charge is -2.13. The predicted octanol–water partition coefficient (Wildman–Crippen LogP) is -0.213. The Labute approximate surface area is 73.6 Å². The summed E-state index contributed by atoms with van der Waals surface area (Å²) in [5.74, 6) is 0. The van der Waals surface area contributed by atoms with Gasteiger partial charge in [0.25, 0.3) is 0 Å². The predicted molar refractivity (Wildman–Crippen MR) is 39.4 cm³/mol. The molecule has 0 aromatic carbocycles. The summed E-state index contributed by atoms with van der Waals surface area (Å²) in [5, 5.41) is 2.75. The summed E-state index contributed by atoms with van der Waals surface area (Å²) in [7, 11) is -5.17. The fraction of sp³-hybridized carbons (Fsp3) is 1.00. The van der Waals surface area contributed by atoms with Crippen LogP contribution in [0.15, 0.2) is 0 Å². The molecule has 78 valence electrons. The zero-order chi connectivity index (χ0) is 10.1. The van der Waals surface area contributed by atoms with Gasteiger partial charge in [0.05, 0.1) is 0 Å². The molecule has 0 amide bonds. The number of nitrogens with one attached hydrogen (secondary N) is 2. The van der Waals surface area contributed by atoms with Crippen molar-refractivity contribution in [2.75, 3.05) is 13.1 Å². The van der Waals surface area contributed by atoms with Gasteiger partial charge in [-0.2, -0.15) is 13.2 Å². The maximum atomic E-state index is 11.8. The average Bonchev–Trinajstić information content (AvgIpc) is 2.35. The van der Waals surface area contributed by atoms with Crippen molar-refractivity contribution in [2.24, 2.45) is 0 Å². The fourth-order valence-electron chi connectivity index (χ4n) is 1.04. The van der Waals surface area contributed by atoms with Gasteiger partial charge in [-0.3, -0.25) is 0 Å². The number of sulfonamides is 1. The van der Waals surface area contributed by atoms with Crippen LogP contribution in [0.3, 0.4) is 0 Å². The summed E-state index contributed by atoms with van der Waals surface area (Å²) < 4.78 is 58.1. The Hall–Kier alpha value is -0.340. The summed E-state index contributed by atoms with van der Waals surface area (Å²) in [4.78, 5) is 0. The first-order chi connectivity index (χ1) is 5.83. The van der Waals surface area contributed by atoms with Crippen molar-refractivity contribution in [3.05, 3.63) is 0 Å². The Balaban J connectivity index is 2.62. The number of rotatable bonds is 2. The minimum atomic E-state index is -5.21. The lowest BCUT2D eigenvalue weighted by Crippen LogP contribution is -2.43. The van der Waals surface area contributed by atoms with E-state index in [1.807, 2.05) is 0 Å². The first-order valence-corrected chi connectivity index (χ1v) is 5.10. The van der Waals surface area contributed by atoms with Gasteiger partial charge in [-0.1, -0.05) is 0 Å². The molecule has 0 unspecified atom stereocenters. The van der Waals surface area contributed by atoms with E-state index in [0.29, 0.717) is 13.0 Å². The summed E-state index contributed by atoms with van der Waals surface area (Å²) in [5.41, 5.74) is -5.21. The van der Waals surface area contributed by atoms with Gasteiger partial charge in [0.2, 0.25) is 0 Å². The highest BCUT2D eigenvalue weighted by molar-refractivity contribution is 7.90. The van der Waals surface area contributed by atoms with Crippen LogP contribution < -0.4 is 10.0 Å². The molecule has 4 nitrogen and oxygen atoms in total. The molecule has 2 N–H and O–H groups in total. The molecular formula is C5H9F3N2O2S. The molecule has 0 spiro atoms. The second-order valence-corrected chi connectivity index (χ2v) is 4.46. The maximum absolute atomic E-state index is 11.8. The van der Waals surface area contributed by atoms with Gasteiger partial charge in [0.15, 0.2) is 0 Å². The van der Waals surface area contributed by atoms with E-state index in [-0.39, 0.29) is 6.54 Å². The first-order valence-electron chi connectivity index (χ1n) is 3.62. The minimum Gasteiger partial charge on any atom is -0.315 e. The van der Waals surface area contributed by atoms with Crippen molar-refractivity contribution in [1.82, 2.24) is 10.0 Å². The fourth-order valence-corrected chi connectivity index (χ4v) is 1.82. The van der Waals surface area contributed by atoms with Gasteiger partial charge in [0, 0.05) is 12.6 Å². The van der Waals surface area contributed by atoms with Crippen LogP contribution in [0.5, 0.6) is 0 Å². The highest BCUT2D eigenvalue weighted by Gasteiger charge is 2.46. The molecule has 13 heavy (non-hydrogen) atoms. The second kappa shape index (κ2) is 3.43. The minimum absolute atomic E-state index is 0.245. The van der Waals surface area contributed by atoms with Crippen molar-refractivity contribution in [2.45, 2.75) is 18.0 Å². The monoisotopic (exact) mass is 218 g/mol. The van der Waals surface area contributed by atoms with Crippen LogP contribution >= 0.6 is 0 Å². The van der Waals surface area contributed by atoms with E-state index < -0.39 is 21.6 Å². The van der Waals surface area contributed by atoms with Crippen molar-refractivity contribution in [1.29, 1.82) is 0 Å². The van der Waals surface area contributed by atoms with Crippen molar-refractivity contribution in [3.63, 3.8) is 0 Å². The molecule has 1 saturated heterocycles. The zero-order valence-electron chi connectivity index (χ0n) is 6.56. The number of alkyl halides is 3. The van der Waals surface area contributed by atoms with Crippen LogP contribution in [0, 0.1) is 0 Å². The molecule has 1 aliphatic rings. The second-order valence-electron chi connectivity index (χ2n) is 2.76. The van der Waals surface area contributed by atoms with Gasteiger partial charge in [-0.15, -0.1) is 0 Å². The van der Waals surface area contributed by atoms with Crippen LogP contribution in [0.1, 0.15) is 6.42 Å². The molecule has 1 aliphatic heterocycles. The quantitative estimate of drug-likeness (QED) is 0.674. The standard InChI is InChI=1S/C5H9F3N2O2S/c6-5(7,8)13(11,12)10-4-1-2-9-3-4/h4,9-10H,1-3H2/t4-/m0/s1. The lowest BCUT2D eigenvalue weighted by molar-refractivity contribution is -0.0450. The number of hydrogen-bond donors (Lipinski definition) is 2. The highest BCUT2D eigenvalue weighted by atomic mass is 32.2. The number of hydrogen-bond acceptors (Lipinski definition) is 3. The summed E-state index contributed by atoms with van der Waals surface area (Å²) in [6, 6.07) is -0.647. The molecule has 0 radical (unpaired) electrons. The van der Waals surface area contributed by atoms with E-state index in [2.05, 4.69) is 5.32 Å². The van der Waals surface area contributed by atoms with Gasteiger partial charge < -0.3 is 5.32 Å². The maximum Gasteiger partial charge on any atom is 0.511 e. The van der Waals surface area contributed by atoms with Crippen LogP contribution in [-0.2, 0) is 10.0 Å². The molecule has 0 aromatic heterocycles. The molecule has 8 heteroatoms. The summed E-state index contributed by atoms with van der Waals surface area (Å²) in [6.45, 7) is 0.778. The Morgan fingerprint density at radius 1 is 1.38 bits per heavy atom. The third-order valence-electron chi connectivity index (χ3n) is 1.69. The largest absolute Gasteiger partial charge is 0.511 e. The molecule has 0 aliphatic carbocycles. The molecule has 1 atom stereocenters. The average molecular weight is 218 g/mol. The summed E-state index contributed by atoms with van der Waals surface area (Å²) in [6.07, 6.45) is 0.384. The SMILES string of the molecule is O=S(=O)(N[C@H]1CCNC1)C(F)(F)F. The molecule has 1 fully saturated rings. The van der Waals surface area contributed by atoms with Crippen LogP contribution in [0.25, 0.3) is 0 Å². The molecule has 1 heterocycles. The zero-order valence-corrected chi connectivity index (χ0v) is 7.37. The normalized spacial score (nSPS) is 25.0. The smallest absolute Gasteiger partial charge is 0.315 e.